The Kier molecular flexibility index (Phi) is 4.15. The number of fused-ring (bicyclic) bond motifs is 1. The Bertz CT molecular complexity index is 1010. The number of hydrogen-bond acceptors (Lipinski definition) is 5. The monoisotopic (exact) mass is 376 g/mol. The van der Waals surface area contributed by atoms with Crippen LogP contribution in [0.1, 0.15) is 11.5 Å². The first-order valence-electron chi connectivity index (χ1n) is 7.57. The van der Waals surface area contributed by atoms with Crippen LogP contribution in [-0.4, -0.2) is 20.1 Å². The SMILES string of the molecule is FC(F)(F)c1ccc(-c2noc(CSc3nc4ccccc4[nH]3)n2)cc1. The molecule has 0 saturated carbocycles. The van der Waals surface area contributed by atoms with Gasteiger partial charge in [-0.15, -0.1) is 0 Å². The quantitative estimate of drug-likeness (QED) is 0.512. The predicted molar refractivity (Wildman–Crippen MR) is 90.4 cm³/mol. The summed E-state index contributed by atoms with van der Waals surface area (Å²) in [6, 6.07) is 12.3. The van der Waals surface area contributed by atoms with E-state index in [1.807, 2.05) is 24.3 Å². The van der Waals surface area contributed by atoms with Gasteiger partial charge in [0.15, 0.2) is 5.16 Å². The average molecular weight is 376 g/mol. The molecule has 0 spiro atoms. The third kappa shape index (κ3) is 3.43. The number of hydrogen-bond donors (Lipinski definition) is 1. The van der Waals surface area contributed by atoms with Crippen LogP contribution in [0.3, 0.4) is 0 Å². The normalized spacial score (nSPS) is 12.0. The van der Waals surface area contributed by atoms with Crippen LogP contribution >= 0.6 is 11.8 Å². The summed E-state index contributed by atoms with van der Waals surface area (Å²) in [5, 5.41) is 4.54. The van der Waals surface area contributed by atoms with E-state index in [1.165, 1.54) is 23.9 Å². The van der Waals surface area contributed by atoms with Crippen molar-refractivity contribution in [3.05, 3.63) is 60.0 Å². The summed E-state index contributed by atoms with van der Waals surface area (Å²) in [5.41, 5.74) is 1.55. The van der Waals surface area contributed by atoms with E-state index in [9.17, 15) is 13.2 Å². The molecule has 0 atom stereocenters. The molecule has 26 heavy (non-hydrogen) atoms. The molecule has 0 fully saturated rings. The molecular formula is C17H11F3N4OS. The van der Waals surface area contributed by atoms with Gasteiger partial charge in [-0.05, 0) is 24.3 Å². The number of aromatic amines is 1. The van der Waals surface area contributed by atoms with Gasteiger partial charge in [0.2, 0.25) is 11.7 Å². The number of halogens is 3. The molecule has 4 aromatic rings. The summed E-state index contributed by atoms with van der Waals surface area (Å²) in [5.74, 6) is 1.01. The zero-order valence-corrected chi connectivity index (χ0v) is 13.9. The van der Waals surface area contributed by atoms with Crippen LogP contribution in [0.15, 0.2) is 58.2 Å². The molecule has 0 saturated heterocycles. The van der Waals surface area contributed by atoms with Gasteiger partial charge in [-0.3, -0.25) is 0 Å². The van der Waals surface area contributed by atoms with E-state index in [4.69, 9.17) is 4.52 Å². The Morgan fingerprint density at radius 2 is 1.77 bits per heavy atom. The summed E-state index contributed by atoms with van der Waals surface area (Å²) in [6.07, 6.45) is -4.37. The topological polar surface area (TPSA) is 67.6 Å². The van der Waals surface area contributed by atoms with Crippen LogP contribution in [0.5, 0.6) is 0 Å². The number of nitrogens with one attached hydrogen (secondary N) is 1. The lowest BCUT2D eigenvalue weighted by molar-refractivity contribution is -0.137. The Morgan fingerprint density at radius 3 is 2.50 bits per heavy atom. The number of nitrogens with zero attached hydrogens (tertiary/aromatic N) is 3. The van der Waals surface area contributed by atoms with Gasteiger partial charge in [0, 0.05) is 5.56 Å². The summed E-state index contributed by atoms with van der Waals surface area (Å²) in [6.45, 7) is 0. The van der Waals surface area contributed by atoms with Gasteiger partial charge in [0.1, 0.15) is 0 Å². The smallest absolute Gasteiger partial charge is 0.338 e. The van der Waals surface area contributed by atoms with Gasteiger partial charge in [0.25, 0.3) is 0 Å². The van der Waals surface area contributed by atoms with E-state index in [0.717, 1.165) is 28.3 Å². The van der Waals surface area contributed by atoms with Crippen LogP contribution in [-0.2, 0) is 11.9 Å². The molecule has 4 rings (SSSR count). The fourth-order valence-electron chi connectivity index (χ4n) is 2.37. The van der Waals surface area contributed by atoms with Crippen molar-refractivity contribution in [1.29, 1.82) is 0 Å². The highest BCUT2D eigenvalue weighted by Gasteiger charge is 2.30. The van der Waals surface area contributed by atoms with Crippen LogP contribution in [0.4, 0.5) is 13.2 Å². The summed E-state index contributed by atoms with van der Waals surface area (Å²) >= 11 is 1.40. The fourth-order valence-corrected chi connectivity index (χ4v) is 3.09. The number of para-hydroxylation sites is 2. The standard InChI is InChI=1S/C17H11F3N4OS/c18-17(19,20)11-7-5-10(6-8-11)15-23-14(25-24-15)9-26-16-21-12-3-1-2-4-13(12)22-16/h1-8H,9H2,(H,21,22). The number of alkyl halides is 3. The van der Waals surface area contributed by atoms with Crippen LogP contribution in [0.2, 0.25) is 0 Å². The maximum absolute atomic E-state index is 12.6. The second-order valence-corrected chi connectivity index (χ2v) is 6.40. The number of thioether (sulfide) groups is 1. The minimum absolute atomic E-state index is 0.249. The zero-order chi connectivity index (χ0) is 18.1. The Morgan fingerprint density at radius 1 is 1.00 bits per heavy atom. The molecule has 0 radical (unpaired) electrons. The van der Waals surface area contributed by atoms with E-state index in [-0.39, 0.29) is 5.82 Å². The molecular weight excluding hydrogens is 365 g/mol. The molecule has 2 aromatic carbocycles. The highest BCUT2D eigenvalue weighted by Crippen LogP contribution is 2.30. The minimum Gasteiger partial charge on any atom is -0.338 e. The largest absolute Gasteiger partial charge is 0.416 e. The van der Waals surface area contributed by atoms with Crippen molar-refractivity contribution in [2.75, 3.05) is 0 Å². The average Bonchev–Trinajstić information content (AvgIpc) is 3.26. The first kappa shape index (κ1) is 16.6. The van der Waals surface area contributed by atoms with E-state index < -0.39 is 11.7 Å². The van der Waals surface area contributed by atoms with Gasteiger partial charge in [0.05, 0.1) is 22.3 Å². The minimum atomic E-state index is -4.37. The van der Waals surface area contributed by atoms with E-state index in [0.29, 0.717) is 17.2 Å². The second-order valence-electron chi connectivity index (χ2n) is 5.43. The summed E-state index contributed by atoms with van der Waals surface area (Å²) < 4.78 is 43.0. The molecule has 5 nitrogen and oxygen atoms in total. The van der Waals surface area contributed by atoms with Gasteiger partial charge < -0.3 is 9.51 Å². The predicted octanol–water partition coefficient (Wildman–Crippen LogP) is 4.92. The van der Waals surface area contributed by atoms with Crippen molar-refractivity contribution in [3.63, 3.8) is 0 Å². The molecule has 1 N–H and O–H groups in total. The molecule has 132 valence electrons. The van der Waals surface area contributed by atoms with Crippen molar-refractivity contribution >= 4 is 22.8 Å². The lowest BCUT2D eigenvalue weighted by atomic mass is 10.1. The van der Waals surface area contributed by atoms with Gasteiger partial charge in [-0.25, -0.2) is 4.98 Å². The van der Waals surface area contributed by atoms with Gasteiger partial charge in [-0.2, -0.15) is 18.2 Å². The van der Waals surface area contributed by atoms with Crippen molar-refractivity contribution in [2.24, 2.45) is 0 Å². The number of H-pyrrole nitrogens is 1. The highest BCUT2D eigenvalue weighted by molar-refractivity contribution is 7.98. The molecule has 0 amide bonds. The maximum atomic E-state index is 12.6. The molecule has 2 heterocycles. The number of rotatable bonds is 4. The third-order valence-corrected chi connectivity index (χ3v) is 4.50. The van der Waals surface area contributed by atoms with E-state index in [1.54, 1.807) is 0 Å². The molecule has 0 bridgehead atoms. The van der Waals surface area contributed by atoms with E-state index in [2.05, 4.69) is 20.1 Å². The lowest BCUT2D eigenvalue weighted by Gasteiger charge is -2.05. The first-order valence-corrected chi connectivity index (χ1v) is 8.55. The fraction of sp³-hybridized carbons (Fsp3) is 0.118. The van der Waals surface area contributed by atoms with Crippen molar-refractivity contribution in [1.82, 2.24) is 20.1 Å². The molecule has 0 aliphatic carbocycles. The first-order chi connectivity index (χ1) is 12.5. The Hall–Kier alpha value is -2.81. The maximum Gasteiger partial charge on any atom is 0.416 e. The molecule has 0 unspecified atom stereocenters. The molecule has 9 heteroatoms. The number of aromatic nitrogens is 4. The summed E-state index contributed by atoms with van der Waals surface area (Å²) in [4.78, 5) is 11.8. The van der Waals surface area contributed by atoms with Crippen molar-refractivity contribution in [2.45, 2.75) is 17.1 Å². The third-order valence-electron chi connectivity index (χ3n) is 3.64. The zero-order valence-electron chi connectivity index (χ0n) is 13.1. The Balaban J connectivity index is 1.46. The second kappa shape index (κ2) is 6.49. The molecule has 0 aliphatic heterocycles. The van der Waals surface area contributed by atoms with Crippen LogP contribution < -0.4 is 0 Å². The van der Waals surface area contributed by atoms with Gasteiger partial charge >= 0.3 is 6.18 Å². The highest BCUT2D eigenvalue weighted by atomic mass is 32.2. The van der Waals surface area contributed by atoms with Gasteiger partial charge in [-0.1, -0.05) is 41.2 Å². The van der Waals surface area contributed by atoms with Crippen LogP contribution in [0.25, 0.3) is 22.4 Å². The number of imidazole rings is 1. The lowest BCUT2D eigenvalue weighted by Crippen LogP contribution is -2.04. The number of benzene rings is 2. The molecule has 0 aliphatic rings. The Labute approximate surface area is 149 Å². The van der Waals surface area contributed by atoms with Crippen LogP contribution in [0, 0.1) is 0 Å². The molecule has 2 aromatic heterocycles. The van der Waals surface area contributed by atoms with Crippen molar-refractivity contribution < 1.29 is 17.7 Å². The summed E-state index contributed by atoms with van der Waals surface area (Å²) in [7, 11) is 0. The van der Waals surface area contributed by atoms with Crippen molar-refractivity contribution in [3.8, 4) is 11.4 Å². The van der Waals surface area contributed by atoms with E-state index >= 15 is 0 Å².